The lowest BCUT2D eigenvalue weighted by Crippen LogP contribution is -2.54. The van der Waals surface area contributed by atoms with Crippen LogP contribution in [0.4, 0.5) is 13.2 Å². The number of likely N-dealkylation sites (tertiary alicyclic amines) is 1. The van der Waals surface area contributed by atoms with Crippen molar-refractivity contribution in [2.45, 2.75) is 115 Å². The zero-order chi connectivity index (χ0) is 22.5. The molecular formula is C22H38F3NO4. The SMILES string of the molecule is O=C(O)CCCCCCCCCCCCCCC(=O)N1CCC(O)(C(F)(F)F)CC1. The molecule has 1 rings (SSSR count). The van der Waals surface area contributed by atoms with Crippen LogP contribution >= 0.6 is 0 Å². The molecule has 0 aromatic rings. The number of carbonyl (C=O) groups excluding carboxylic acids is 1. The Balaban J connectivity index is 1.92. The number of unbranched alkanes of at least 4 members (excludes halogenated alkanes) is 11. The summed E-state index contributed by atoms with van der Waals surface area (Å²) in [7, 11) is 0. The number of aliphatic hydroxyl groups is 1. The van der Waals surface area contributed by atoms with E-state index in [-0.39, 0.29) is 25.4 Å². The minimum absolute atomic E-state index is 0.0333. The zero-order valence-corrected chi connectivity index (χ0v) is 18.0. The second-order valence-corrected chi connectivity index (χ2v) is 8.55. The van der Waals surface area contributed by atoms with Crippen molar-refractivity contribution in [3.63, 3.8) is 0 Å². The average Bonchev–Trinajstić information content (AvgIpc) is 2.67. The van der Waals surface area contributed by atoms with Gasteiger partial charge in [-0.2, -0.15) is 13.2 Å². The minimum Gasteiger partial charge on any atom is -0.481 e. The van der Waals surface area contributed by atoms with Crippen molar-refractivity contribution in [1.29, 1.82) is 0 Å². The molecule has 0 aliphatic carbocycles. The molecule has 0 radical (unpaired) electrons. The number of nitrogens with zero attached hydrogens (tertiary/aromatic N) is 1. The van der Waals surface area contributed by atoms with E-state index >= 15 is 0 Å². The number of aliphatic carboxylic acids is 1. The van der Waals surface area contributed by atoms with Gasteiger partial charge in [0.2, 0.25) is 5.91 Å². The first-order valence-electron chi connectivity index (χ1n) is 11.4. The fourth-order valence-electron chi connectivity index (χ4n) is 3.89. The van der Waals surface area contributed by atoms with Crippen molar-refractivity contribution >= 4 is 11.9 Å². The van der Waals surface area contributed by atoms with Crippen LogP contribution < -0.4 is 0 Å². The van der Waals surface area contributed by atoms with Crippen molar-refractivity contribution in [3.05, 3.63) is 0 Å². The molecule has 0 atom stereocenters. The standard InChI is InChI=1S/C22H38F3NO4/c23-22(24,25)21(30)15-17-26(18-16-21)19(27)13-11-9-7-5-3-1-2-4-6-8-10-12-14-20(28)29/h30H,1-18H2,(H,28,29). The lowest BCUT2D eigenvalue weighted by Gasteiger charge is -2.39. The number of hydrogen-bond donors (Lipinski definition) is 2. The number of piperidine rings is 1. The van der Waals surface area contributed by atoms with Crippen molar-refractivity contribution in [1.82, 2.24) is 4.90 Å². The predicted octanol–water partition coefficient (Wildman–Crippen LogP) is 5.45. The Morgan fingerprint density at radius 2 is 1.10 bits per heavy atom. The third-order valence-electron chi connectivity index (χ3n) is 6.00. The number of carbonyl (C=O) groups is 2. The van der Waals surface area contributed by atoms with Gasteiger partial charge in [-0.25, -0.2) is 0 Å². The highest BCUT2D eigenvalue weighted by Gasteiger charge is 2.54. The van der Waals surface area contributed by atoms with Crippen molar-refractivity contribution < 1.29 is 33.0 Å². The summed E-state index contributed by atoms with van der Waals surface area (Å²) < 4.78 is 38.4. The van der Waals surface area contributed by atoms with E-state index in [0.717, 1.165) is 44.9 Å². The van der Waals surface area contributed by atoms with E-state index in [4.69, 9.17) is 5.11 Å². The first-order valence-corrected chi connectivity index (χ1v) is 11.4. The van der Waals surface area contributed by atoms with Gasteiger partial charge in [-0.05, 0) is 12.8 Å². The molecule has 0 aromatic heterocycles. The van der Waals surface area contributed by atoms with Crippen molar-refractivity contribution in [2.75, 3.05) is 13.1 Å². The maximum Gasteiger partial charge on any atom is 0.417 e. The van der Waals surface area contributed by atoms with E-state index < -0.39 is 30.6 Å². The maximum atomic E-state index is 12.8. The van der Waals surface area contributed by atoms with Crippen molar-refractivity contribution in [2.24, 2.45) is 0 Å². The normalized spacial score (nSPS) is 16.6. The molecule has 176 valence electrons. The van der Waals surface area contributed by atoms with Crippen LogP contribution in [0.15, 0.2) is 0 Å². The largest absolute Gasteiger partial charge is 0.481 e. The highest BCUT2D eigenvalue weighted by atomic mass is 19.4. The van der Waals surface area contributed by atoms with Gasteiger partial charge < -0.3 is 15.1 Å². The second kappa shape index (κ2) is 13.9. The molecule has 2 N–H and O–H groups in total. The third-order valence-corrected chi connectivity index (χ3v) is 6.00. The van der Waals surface area contributed by atoms with Gasteiger partial charge in [-0.15, -0.1) is 0 Å². The highest BCUT2D eigenvalue weighted by Crippen LogP contribution is 2.38. The molecule has 0 bridgehead atoms. The zero-order valence-electron chi connectivity index (χ0n) is 18.0. The first-order chi connectivity index (χ1) is 14.2. The number of rotatable bonds is 15. The van der Waals surface area contributed by atoms with Gasteiger partial charge in [-0.1, -0.05) is 64.2 Å². The Morgan fingerprint density at radius 3 is 1.47 bits per heavy atom. The summed E-state index contributed by atoms with van der Waals surface area (Å²) >= 11 is 0. The van der Waals surface area contributed by atoms with Crippen LogP contribution in [0.3, 0.4) is 0 Å². The van der Waals surface area contributed by atoms with Crippen LogP contribution in [-0.4, -0.2) is 51.9 Å². The fourth-order valence-corrected chi connectivity index (χ4v) is 3.89. The van der Waals surface area contributed by atoms with E-state index in [0.29, 0.717) is 6.42 Å². The molecule has 1 saturated heterocycles. The number of alkyl halides is 3. The van der Waals surface area contributed by atoms with Gasteiger partial charge in [0.15, 0.2) is 5.60 Å². The molecule has 30 heavy (non-hydrogen) atoms. The summed E-state index contributed by atoms with van der Waals surface area (Å²) in [6, 6.07) is 0. The van der Waals surface area contributed by atoms with Crippen molar-refractivity contribution in [3.8, 4) is 0 Å². The van der Waals surface area contributed by atoms with Crippen LogP contribution in [0.5, 0.6) is 0 Å². The van der Waals surface area contributed by atoms with Crippen LogP contribution in [0.2, 0.25) is 0 Å². The smallest absolute Gasteiger partial charge is 0.417 e. The lowest BCUT2D eigenvalue weighted by atomic mass is 9.90. The van der Waals surface area contributed by atoms with Gasteiger partial charge in [-0.3, -0.25) is 9.59 Å². The summed E-state index contributed by atoms with van der Waals surface area (Å²) in [6.45, 7) is -0.0667. The van der Waals surface area contributed by atoms with Crippen LogP contribution in [0.25, 0.3) is 0 Å². The summed E-state index contributed by atoms with van der Waals surface area (Å²) in [5, 5.41) is 18.2. The van der Waals surface area contributed by atoms with E-state index in [2.05, 4.69) is 0 Å². The van der Waals surface area contributed by atoms with Crippen LogP contribution in [0, 0.1) is 0 Å². The molecule has 0 aromatic carbocycles. The quantitative estimate of drug-likeness (QED) is 0.334. The highest BCUT2D eigenvalue weighted by molar-refractivity contribution is 5.76. The van der Waals surface area contributed by atoms with Crippen LogP contribution in [-0.2, 0) is 9.59 Å². The van der Waals surface area contributed by atoms with Gasteiger partial charge in [0.05, 0.1) is 0 Å². The van der Waals surface area contributed by atoms with E-state index in [1.807, 2.05) is 0 Å². The maximum absolute atomic E-state index is 12.8. The van der Waals surface area contributed by atoms with Gasteiger partial charge in [0.25, 0.3) is 0 Å². The van der Waals surface area contributed by atoms with E-state index in [9.17, 15) is 27.9 Å². The molecule has 1 fully saturated rings. The lowest BCUT2D eigenvalue weighted by molar-refractivity contribution is -0.272. The summed E-state index contributed by atoms with van der Waals surface area (Å²) in [4.78, 5) is 24.0. The Hall–Kier alpha value is -1.31. The fraction of sp³-hybridized carbons (Fsp3) is 0.909. The predicted molar refractivity (Wildman–Crippen MR) is 109 cm³/mol. The Bertz CT molecular complexity index is 503. The third kappa shape index (κ3) is 10.6. The molecule has 0 spiro atoms. The van der Waals surface area contributed by atoms with Gasteiger partial charge in [0, 0.05) is 38.8 Å². The molecule has 1 aliphatic heterocycles. The molecular weight excluding hydrogens is 399 g/mol. The first kappa shape index (κ1) is 26.7. The van der Waals surface area contributed by atoms with E-state index in [1.165, 1.54) is 37.0 Å². The number of hydrogen-bond acceptors (Lipinski definition) is 3. The monoisotopic (exact) mass is 437 g/mol. The number of carboxylic acid groups (broad SMARTS) is 1. The topological polar surface area (TPSA) is 77.8 Å². The molecule has 1 amide bonds. The Labute approximate surface area is 178 Å². The van der Waals surface area contributed by atoms with Gasteiger partial charge in [0.1, 0.15) is 0 Å². The van der Waals surface area contributed by atoms with Crippen LogP contribution in [0.1, 0.15) is 103 Å². The molecule has 0 saturated carbocycles. The number of carboxylic acids is 1. The minimum atomic E-state index is -4.63. The summed E-state index contributed by atoms with van der Waals surface area (Å²) in [5.41, 5.74) is -2.65. The molecule has 1 aliphatic rings. The van der Waals surface area contributed by atoms with E-state index in [1.54, 1.807) is 0 Å². The molecule has 5 nitrogen and oxygen atoms in total. The Morgan fingerprint density at radius 1 is 0.733 bits per heavy atom. The average molecular weight is 438 g/mol. The summed E-state index contributed by atoms with van der Waals surface area (Å²) in [6.07, 6.45) is 7.84. The molecule has 8 heteroatoms. The Kier molecular flexibility index (Phi) is 12.4. The number of amides is 1. The number of halogens is 3. The second-order valence-electron chi connectivity index (χ2n) is 8.55. The molecule has 1 heterocycles. The molecule has 0 unspecified atom stereocenters. The van der Waals surface area contributed by atoms with Gasteiger partial charge >= 0.3 is 12.1 Å². The summed E-state index contributed by atoms with van der Waals surface area (Å²) in [5.74, 6) is -0.827.